The van der Waals surface area contributed by atoms with Gasteiger partial charge in [0.15, 0.2) is 5.16 Å². The fourth-order valence-corrected chi connectivity index (χ4v) is 3.96. The zero-order valence-corrected chi connectivity index (χ0v) is 15.2. The van der Waals surface area contributed by atoms with E-state index in [2.05, 4.69) is 15.3 Å². The quantitative estimate of drug-likeness (QED) is 0.616. The molecule has 0 bridgehead atoms. The van der Waals surface area contributed by atoms with Crippen LogP contribution in [0, 0.1) is 6.92 Å². The summed E-state index contributed by atoms with van der Waals surface area (Å²) in [6.07, 6.45) is 4.50. The first kappa shape index (κ1) is 17.7. The smallest absolute Gasteiger partial charge is 0.255 e. The molecule has 25 heavy (non-hydrogen) atoms. The van der Waals surface area contributed by atoms with E-state index in [1.165, 1.54) is 30.2 Å². The predicted molar refractivity (Wildman–Crippen MR) is 99.7 cm³/mol. The molecule has 5 nitrogen and oxygen atoms in total. The second-order valence-electron chi connectivity index (χ2n) is 6.43. The normalized spacial score (nSPS) is 14.6. The van der Waals surface area contributed by atoms with Gasteiger partial charge in [0.25, 0.3) is 5.56 Å². The van der Waals surface area contributed by atoms with Gasteiger partial charge in [-0.25, -0.2) is 4.98 Å². The molecule has 0 radical (unpaired) electrons. The number of hydrogen-bond acceptors (Lipinski definition) is 4. The number of carbonyl (C=O) groups excluding carboxylic acids is 1. The number of nitrogens with zero attached hydrogens (tertiary/aromatic N) is 1. The Morgan fingerprint density at radius 1 is 1.28 bits per heavy atom. The van der Waals surface area contributed by atoms with Gasteiger partial charge in [-0.3, -0.25) is 9.59 Å². The number of aromatic amines is 1. The average molecular weight is 357 g/mol. The average Bonchev–Trinajstić information content (AvgIpc) is 3.10. The van der Waals surface area contributed by atoms with E-state index in [1.807, 2.05) is 30.3 Å². The third-order valence-electron chi connectivity index (χ3n) is 4.48. The molecule has 0 unspecified atom stereocenters. The van der Waals surface area contributed by atoms with Crippen LogP contribution in [0.15, 0.2) is 40.3 Å². The Morgan fingerprint density at radius 3 is 2.68 bits per heavy atom. The summed E-state index contributed by atoms with van der Waals surface area (Å²) in [6.45, 7) is 1.79. The van der Waals surface area contributed by atoms with Gasteiger partial charge in [-0.15, -0.1) is 0 Å². The lowest BCUT2D eigenvalue weighted by Gasteiger charge is -2.12. The number of hydrogen-bond donors (Lipinski definition) is 2. The van der Waals surface area contributed by atoms with Gasteiger partial charge < -0.3 is 10.3 Å². The number of thioether (sulfide) groups is 1. The summed E-state index contributed by atoms with van der Waals surface area (Å²) in [5.74, 6) is 0.650. The monoisotopic (exact) mass is 357 g/mol. The summed E-state index contributed by atoms with van der Waals surface area (Å²) < 4.78 is 0. The highest BCUT2D eigenvalue weighted by Gasteiger charge is 2.19. The standard InChI is InChI=1S/C19H23N3O2S/c1-13-16(11-17(23)21-15-9-5-6-10-15)18(24)22-19(20-13)25-12-14-7-3-2-4-8-14/h2-4,7-8,15H,5-6,9-12H2,1H3,(H,21,23)(H,20,22,24). The van der Waals surface area contributed by atoms with Crippen molar-refractivity contribution in [3.8, 4) is 0 Å². The maximum absolute atomic E-state index is 12.4. The summed E-state index contributed by atoms with van der Waals surface area (Å²) in [6, 6.07) is 10.3. The molecule has 1 amide bonds. The predicted octanol–water partition coefficient (Wildman–Crippen LogP) is 2.97. The molecule has 1 saturated carbocycles. The molecule has 0 atom stereocenters. The molecule has 0 saturated heterocycles. The van der Waals surface area contributed by atoms with Crippen molar-refractivity contribution < 1.29 is 4.79 Å². The largest absolute Gasteiger partial charge is 0.353 e. The van der Waals surface area contributed by atoms with Crippen LogP contribution in [0.1, 0.15) is 42.5 Å². The fourth-order valence-electron chi connectivity index (χ4n) is 3.10. The number of aromatic nitrogens is 2. The van der Waals surface area contributed by atoms with E-state index in [9.17, 15) is 9.59 Å². The van der Waals surface area contributed by atoms with Crippen molar-refractivity contribution in [1.29, 1.82) is 0 Å². The highest BCUT2D eigenvalue weighted by atomic mass is 32.2. The molecule has 2 aromatic rings. The minimum absolute atomic E-state index is 0.0908. The Balaban J connectivity index is 1.63. The highest BCUT2D eigenvalue weighted by Crippen LogP contribution is 2.19. The van der Waals surface area contributed by atoms with Crippen LogP contribution in [0.25, 0.3) is 0 Å². The second kappa shape index (κ2) is 8.34. The zero-order chi connectivity index (χ0) is 17.6. The minimum atomic E-state index is -0.218. The molecule has 1 aliphatic rings. The van der Waals surface area contributed by atoms with Gasteiger partial charge in [0.05, 0.1) is 6.42 Å². The summed E-state index contributed by atoms with van der Waals surface area (Å²) in [4.78, 5) is 31.8. The van der Waals surface area contributed by atoms with Gasteiger partial charge in [-0.05, 0) is 25.3 Å². The van der Waals surface area contributed by atoms with Crippen LogP contribution in [0.4, 0.5) is 0 Å². The molecule has 1 fully saturated rings. The maximum Gasteiger partial charge on any atom is 0.255 e. The van der Waals surface area contributed by atoms with E-state index in [-0.39, 0.29) is 23.9 Å². The number of amides is 1. The summed E-state index contributed by atoms with van der Waals surface area (Å²) in [5, 5.41) is 3.61. The van der Waals surface area contributed by atoms with E-state index >= 15 is 0 Å². The Bertz CT molecular complexity index is 783. The van der Waals surface area contributed by atoms with Crippen LogP contribution in [-0.2, 0) is 17.0 Å². The van der Waals surface area contributed by atoms with Crippen molar-refractivity contribution in [2.45, 2.75) is 56.0 Å². The van der Waals surface area contributed by atoms with E-state index < -0.39 is 0 Å². The molecule has 1 aromatic carbocycles. The van der Waals surface area contributed by atoms with Crippen molar-refractivity contribution in [3.05, 3.63) is 57.5 Å². The van der Waals surface area contributed by atoms with E-state index in [1.54, 1.807) is 6.92 Å². The lowest BCUT2D eigenvalue weighted by molar-refractivity contribution is -0.121. The van der Waals surface area contributed by atoms with Gasteiger partial charge in [0.2, 0.25) is 5.91 Å². The van der Waals surface area contributed by atoms with Gasteiger partial charge in [0, 0.05) is 23.1 Å². The van der Waals surface area contributed by atoms with Gasteiger partial charge in [-0.2, -0.15) is 0 Å². The first-order chi connectivity index (χ1) is 12.1. The van der Waals surface area contributed by atoms with Crippen molar-refractivity contribution in [2.75, 3.05) is 0 Å². The summed E-state index contributed by atoms with van der Waals surface area (Å²) in [7, 11) is 0. The Hall–Kier alpha value is -2.08. The SMILES string of the molecule is Cc1nc(SCc2ccccc2)[nH]c(=O)c1CC(=O)NC1CCCC1. The summed E-state index contributed by atoms with van der Waals surface area (Å²) >= 11 is 1.49. The molecular weight excluding hydrogens is 334 g/mol. The fraction of sp³-hybridized carbons (Fsp3) is 0.421. The lowest BCUT2D eigenvalue weighted by Crippen LogP contribution is -2.35. The minimum Gasteiger partial charge on any atom is -0.353 e. The van der Waals surface area contributed by atoms with Crippen LogP contribution in [0.3, 0.4) is 0 Å². The first-order valence-corrected chi connectivity index (χ1v) is 9.66. The molecule has 2 N–H and O–H groups in total. The van der Waals surface area contributed by atoms with Gasteiger partial charge in [0.1, 0.15) is 0 Å². The van der Waals surface area contributed by atoms with Crippen LogP contribution >= 0.6 is 11.8 Å². The van der Waals surface area contributed by atoms with E-state index in [0.717, 1.165) is 18.6 Å². The number of nitrogens with one attached hydrogen (secondary N) is 2. The lowest BCUT2D eigenvalue weighted by atomic mass is 10.1. The van der Waals surface area contributed by atoms with Crippen molar-refractivity contribution in [2.24, 2.45) is 0 Å². The van der Waals surface area contributed by atoms with Crippen LogP contribution in [-0.4, -0.2) is 21.9 Å². The van der Waals surface area contributed by atoms with Crippen LogP contribution in [0.5, 0.6) is 0 Å². The van der Waals surface area contributed by atoms with Crippen molar-refractivity contribution in [3.63, 3.8) is 0 Å². The number of rotatable bonds is 6. The molecule has 1 heterocycles. The maximum atomic E-state index is 12.4. The molecule has 0 aliphatic heterocycles. The van der Waals surface area contributed by atoms with Crippen LogP contribution in [0.2, 0.25) is 0 Å². The third-order valence-corrected chi connectivity index (χ3v) is 5.42. The first-order valence-electron chi connectivity index (χ1n) is 8.67. The molecule has 3 rings (SSSR count). The molecule has 1 aromatic heterocycles. The number of aryl methyl sites for hydroxylation is 1. The molecule has 0 spiro atoms. The van der Waals surface area contributed by atoms with Crippen LogP contribution < -0.4 is 10.9 Å². The second-order valence-corrected chi connectivity index (χ2v) is 7.40. The molecule has 6 heteroatoms. The highest BCUT2D eigenvalue weighted by molar-refractivity contribution is 7.98. The Kier molecular flexibility index (Phi) is 5.91. The van der Waals surface area contributed by atoms with Gasteiger partial charge in [-0.1, -0.05) is 54.9 Å². The zero-order valence-electron chi connectivity index (χ0n) is 14.4. The molecular formula is C19H23N3O2S. The number of carbonyl (C=O) groups is 1. The molecule has 132 valence electrons. The van der Waals surface area contributed by atoms with E-state index in [4.69, 9.17) is 0 Å². The topological polar surface area (TPSA) is 74.8 Å². The van der Waals surface area contributed by atoms with E-state index in [0.29, 0.717) is 16.4 Å². The van der Waals surface area contributed by atoms with Crippen molar-refractivity contribution in [1.82, 2.24) is 15.3 Å². The third kappa shape index (κ3) is 4.95. The van der Waals surface area contributed by atoms with Gasteiger partial charge >= 0.3 is 0 Å². The molecule has 1 aliphatic carbocycles. The van der Waals surface area contributed by atoms with Crippen molar-refractivity contribution >= 4 is 17.7 Å². The number of H-pyrrole nitrogens is 1. The Morgan fingerprint density at radius 2 is 2.00 bits per heavy atom. The Labute approximate surface area is 151 Å². The number of benzene rings is 1. The summed E-state index contributed by atoms with van der Waals surface area (Å²) in [5.41, 5.74) is 2.04.